The van der Waals surface area contributed by atoms with Gasteiger partial charge in [0.05, 0.1) is 12.5 Å². The molecule has 15 heteroatoms. The van der Waals surface area contributed by atoms with Crippen molar-refractivity contribution in [3.05, 3.63) is 46.6 Å². The van der Waals surface area contributed by atoms with Gasteiger partial charge in [0.1, 0.15) is 35.4 Å². The van der Waals surface area contributed by atoms with Gasteiger partial charge < -0.3 is 34.3 Å². The molecule has 0 saturated carbocycles. The molecular weight excluding hydrogens is 586 g/mol. The number of allylic oxidation sites excluding steroid dienone is 3. The van der Waals surface area contributed by atoms with Gasteiger partial charge in [0, 0.05) is 25.2 Å². The summed E-state index contributed by atoms with van der Waals surface area (Å²) in [5, 5.41) is 4.67. The molecule has 0 aromatic carbocycles. The minimum atomic E-state index is -1.16. The Labute approximate surface area is 251 Å². The van der Waals surface area contributed by atoms with Crippen LogP contribution in [0.5, 0.6) is 0 Å². The number of hydrogen-bond donors (Lipinski definition) is 2. The highest BCUT2D eigenvalue weighted by Gasteiger charge is 2.55. The molecule has 2 N–H and O–H groups in total. The number of hydrogen-bond acceptors (Lipinski definition) is 12. The van der Waals surface area contributed by atoms with Crippen molar-refractivity contribution >= 4 is 47.6 Å². The van der Waals surface area contributed by atoms with Gasteiger partial charge >= 0.3 is 24.0 Å². The van der Waals surface area contributed by atoms with Gasteiger partial charge in [0.25, 0.3) is 5.91 Å². The SMILES string of the molecule is CC(=O)OCOC(=O)C1=C(COC(C)=O)CSC2C(NC(=O)C(NC(=O)OC(C)(C)C)C3=C4C=COC=C4CC3)C(=O)N12. The van der Waals surface area contributed by atoms with E-state index in [1.54, 1.807) is 33.1 Å². The molecule has 3 atom stereocenters. The van der Waals surface area contributed by atoms with Gasteiger partial charge in [-0.1, -0.05) is 0 Å². The van der Waals surface area contributed by atoms with Crippen molar-refractivity contribution in [1.82, 2.24) is 15.5 Å². The Morgan fingerprint density at radius 2 is 1.81 bits per heavy atom. The van der Waals surface area contributed by atoms with E-state index in [2.05, 4.69) is 15.4 Å². The zero-order valence-electron chi connectivity index (χ0n) is 24.3. The lowest BCUT2D eigenvalue weighted by Crippen LogP contribution is -2.72. The summed E-state index contributed by atoms with van der Waals surface area (Å²) in [6, 6.07) is -2.20. The minimum Gasteiger partial charge on any atom is -0.472 e. The van der Waals surface area contributed by atoms with Crippen LogP contribution in [0.3, 0.4) is 0 Å². The Hall–Kier alpha value is -4.27. The molecule has 4 rings (SSSR count). The maximum atomic E-state index is 13.7. The van der Waals surface area contributed by atoms with Crippen LogP contribution >= 0.6 is 11.8 Å². The summed E-state index contributed by atoms with van der Waals surface area (Å²) in [5.41, 5.74) is 1.60. The number of thioether (sulfide) groups is 1. The number of rotatable bonds is 9. The highest BCUT2D eigenvalue weighted by atomic mass is 32.2. The number of carbonyl (C=O) groups excluding carboxylic acids is 6. The summed E-state index contributed by atoms with van der Waals surface area (Å²) in [5.74, 6) is -3.29. The van der Waals surface area contributed by atoms with Crippen LogP contribution in [-0.2, 0) is 47.7 Å². The molecule has 3 aliphatic heterocycles. The third-order valence-electron chi connectivity index (χ3n) is 6.59. The molecule has 3 unspecified atom stereocenters. The Morgan fingerprint density at radius 3 is 2.49 bits per heavy atom. The second kappa shape index (κ2) is 12.9. The van der Waals surface area contributed by atoms with Crippen molar-refractivity contribution in [3.8, 4) is 0 Å². The van der Waals surface area contributed by atoms with Crippen molar-refractivity contribution in [2.75, 3.05) is 19.2 Å². The highest BCUT2D eigenvalue weighted by Crippen LogP contribution is 2.41. The first-order valence-electron chi connectivity index (χ1n) is 13.4. The summed E-state index contributed by atoms with van der Waals surface area (Å²) in [6.45, 7) is 6.49. The van der Waals surface area contributed by atoms with Gasteiger partial charge in [-0.3, -0.25) is 24.1 Å². The summed E-state index contributed by atoms with van der Waals surface area (Å²) in [6.07, 6.45) is 5.02. The second-order valence-electron chi connectivity index (χ2n) is 10.9. The van der Waals surface area contributed by atoms with Crippen molar-refractivity contribution in [2.24, 2.45) is 0 Å². The largest absolute Gasteiger partial charge is 0.472 e. The molecule has 14 nitrogen and oxygen atoms in total. The molecule has 0 aromatic heterocycles. The van der Waals surface area contributed by atoms with Crippen molar-refractivity contribution in [2.45, 2.75) is 70.5 Å². The van der Waals surface area contributed by atoms with Gasteiger partial charge in [-0.25, -0.2) is 9.59 Å². The number of amides is 3. The average Bonchev–Trinajstić information content (AvgIpc) is 3.35. The standard InChI is InChI=1S/C28H33N3O11S/c1-14(32)39-11-17-12-43-25-21(24(35)31(25)22(17)26(36)41-13-40-15(2)33)29-23(34)20(30-27(37)42-28(3,4)5)19-7-6-16-10-38-9-8-18(16)19/h8-10,20-21,25H,6-7,11-13H2,1-5H3,(H,29,34)(H,30,37). The van der Waals surface area contributed by atoms with Crippen LogP contribution < -0.4 is 10.6 Å². The Balaban J connectivity index is 1.55. The highest BCUT2D eigenvalue weighted by molar-refractivity contribution is 8.00. The molecule has 0 radical (unpaired) electrons. The van der Waals surface area contributed by atoms with E-state index in [9.17, 15) is 28.8 Å². The molecular formula is C28H33N3O11S. The maximum absolute atomic E-state index is 13.7. The first-order valence-corrected chi connectivity index (χ1v) is 14.5. The van der Waals surface area contributed by atoms with E-state index < -0.39 is 65.7 Å². The number of ether oxygens (including phenoxy) is 5. The molecule has 1 fully saturated rings. The molecule has 3 amide bonds. The number of esters is 3. The van der Waals surface area contributed by atoms with E-state index >= 15 is 0 Å². The van der Waals surface area contributed by atoms with E-state index in [1.165, 1.54) is 24.9 Å². The Kier molecular flexibility index (Phi) is 9.52. The topological polar surface area (TPSA) is 176 Å². The van der Waals surface area contributed by atoms with E-state index in [0.29, 0.717) is 24.0 Å². The summed E-state index contributed by atoms with van der Waals surface area (Å²) >= 11 is 1.25. The molecule has 3 heterocycles. The molecule has 43 heavy (non-hydrogen) atoms. The van der Waals surface area contributed by atoms with Gasteiger partial charge in [0.2, 0.25) is 12.7 Å². The zero-order valence-corrected chi connectivity index (χ0v) is 25.2. The van der Waals surface area contributed by atoms with Crippen molar-refractivity contribution in [3.63, 3.8) is 0 Å². The third-order valence-corrected chi connectivity index (χ3v) is 7.93. The first kappa shape index (κ1) is 31.7. The Morgan fingerprint density at radius 1 is 1.09 bits per heavy atom. The lowest BCUT2D eigenvalue weighted by atomic mass is 9.98. The lowest BCUT2D eigenvalue weighted by molar-refractivity contribution is -0.167. The fraction of sp³-hybridized carbons (Fsp3) is 0.500. The normalized spacial score (nSPS) is 21.4. The maximum Gasteiger partial charge on any atom is 0.408 e. The summed E-state index contributed by atoms with van der Waals surface area (Å²) < 4.78 is 25.4. The van der Waals surface area contributed by atoms with E-state index in [-0.39, 0.29) is 18.1 Å². The summed E-state index contributed by atoms with van der Waals surface area (Å²) in [7, 11) is 0. The van der Waals surface area contributed by atoms with Crippen LogP contribution in [0.2, 0.25) is 0 Å². The predicted octanol–water partition coefficient (Wildman–Crippen LogP) is 1.68. The van der Waals surface area contributed by atoms with Crippen LogP contribution in [0.4, 0.5) is 4.79 Å². The smallest absolute Gasteiger partial charge is 0.408 e. The van der Waals surface area contributed by atoms with E-state index in [1.807, 2.05) is 0 Å². The lowest BCUT2D eigenvalue weighted by Gasteiger charge is -2.49. The fourth-order valence-corrected chi connectivity index (χ4v) is 6.12. The number of alkyl carbamates (subject to hydrolysis) is 1. The number of β-lactam (4-membered cyclic amide) rings is 1. The second-order valence-corrected chi connectivity index (χ2v) is 12.0. The minimum absolute atomic E-state index is 0.154. The Bertz CT molecular complexity index is 1360. The van der Waals surface area contributed by atoms with Crippen LogP contribution in [0.25, 0.3) is 0 Å². The van der Waals surface area contributed by atoms with E-state index in [4.69, 9.17) is 18.9 Å². The van der Waals surface area contributed by atoms with Crippen molar-refractivity contribution in [1.29, 1.82) is 0 Å². The van der Waals surface area contributed by atoms with Gasteiger partial charge in [-0.05, 0) is 56.4 Å². The monoisotopic (exact) mass is 619 g/mol. The number of nitrogens with zero attached hydrogens (tertiary/aromatic N) is 1. The summed E-state index contributed by atoms with van der Waals surface area (Å²) in [4.78, 5) is 76.5. The van der Waals surface area contributed by atoms with Gasteiger partial charge in [0.15, 0.2) is 0 Å². The fourth-order valence-electron chi connectivity index (χ4n) is 4.79. The third kappa shape index (κ3) is 7.39. The molecule has 0 spiro atoms. The molecule has 4 aliphatic rings. The molecule has 232 valence electrons. The number of nitrogens with one attached hydrogen (secondary N) is 2. The number of fused-ring (bicyclic) bond motifs is 2. The van der Waals surface area contributed by atoms with Crippen LogP contribution in [-0.4, -0.2) is 82.9 Å². The number of carbonyl (C=O) groups is 6. The first-order chi connectivity index (χ1) is 20.3. The van der Waals surface area contributed by atoms with Crippen LogP contribution in [0.15, 0.2) is 46.6 Å². The van der Waals surface area contributed by atoms with Crippen LogP contribution in [0, 0.1) is 0 Å². The average molecular weight is 620 g/mol. The quantitative estimate of drug-likeness (QED) is 0.166. The molecule has 0 aromatic rings. The van der Waals surface area contributed by atoms with Crippen LogP contribution in [0.1, 0.15) is 47.5 Å². The molecule has 0 bridgehead atoms. The van der Waals surface area contributed by atoms with Crippen molar-refractivity contribution < 1.29 is 52.5 Å². The van der Waals surface area contributed by atoms with E-state index in [0.717, 1.165) is 23.0 Å². The van der Waals surface area contributed by atoms with Gasteiger partial charge in [-0.15, -0.1) is 11.8 Å². The molecule has 1 aliphatic carbocycles. The van der Waals surface area contributed by atoms with Gasteiger partial charge in [-0.2, -0.15) is 0 Å². The molecule has 1 saturated heterocycles. The zero-order chi connectivity index (χ0) is 31.5. The predicted molar refractivity (Wildman–Crippen MR) is 149 cm³/mol.